The van der Waals surface area contributed by atoms with Gasteiger partial charge in [-0.1, -0.05) is 50.1 Å². The molecule has 0 saturated heterocycles. The first-order valence-electron chi connectivity index (χ1n) is 19.7. The van der Waals surface area contributed by atoms with Crippen LogP contribution in [0.3, 0.4) is 0 Å². The molecule has 0 unspecified atom stereocenters. The molecule has 0 aliphatic heterocycles. The Morgan fingerprint density at radius 1 is 0.567 bits per heavy atom. The van der Waals surface area contributed by atoms with Gasteiger partial charge in [0.05, 0.1) is 19.8 Å². The van der Waals surface area contributed by atoms with E-state index in [1.807, 2.05) is 0 Å². The van der Waals surface area contributed by atoms with Gasteiger partial charge >= 0.3 is 0 Å². The van der Waals surface area contributed by atoms with E-state index in [1.54, 1.807) is 42.5 Å². The average Bonchev–Trinajstić information content (AvgIpc) is 3.34. The molecule has 0 heterocycles. The Hall–Kier alpha value is -9.62. The number of amides is 6. The molecule has 6 rings (SSSR count). The fraction of sp³-hybridized carbons (Fsp3) is 0.0417. The smallest absolute Gasteiger partial charge is 0.272 e. The number of nitrogens with one attached hydrogen (secondary N) is 5. The highest BCUT2D eigenvalue weighted by Gasteiger charge is 2.24. The van der Waals surface area contributed by atoms with E-state index >= 15 is 0 Å². The van der Waals surface area contributed by atoms with Gasteiger partial charge in [0.25, 0.3) is 17.7 Å². The van der Waals surface area contributed by atoms with Crippen LogP contribution in [0.25, 0.3) is 10.8 Å². The molecule has 0 aliphatic rings. The minimum atomic E-state index is -0.749. The molecule has 6 aromatic rings. The van der Waals surface area contributed by atoms with Gasteiger partial charge in [0.2, 0.25) is 17.7 Å². The molecule has 19 heteroatoms. The highest BCUT2D eigenvalue weighted by molar-refractivity contribution is 6.15. The van der Waals surface area contributed by atoms with Crippen molar-refractivity contribution in [2.75, 3.05) is 45.8 Å². The highest BCUT2D eigenvalue weighted by atomic mass is 16.5. The lowest BCUT2D eigenvalue weighted by Gasteiger charge is -2.21. The van der Waals surface area contributed by atoms with E-state index in [0.29, 0.717) is 16.5 Å². The van der Waals surface area contributed by atoms with Gasteiger partial charge in [-0.2, -0.15) is 0 Å². The molecule has 0 radical (unpaired) electrons. The maximum atomic E-state index is 14.0. The van der Waals surface area contributed by atoms with E-state index in [-0.39, 0.29) is 73.7 Å². The normalized spacial score (nSPS) is 10.6. The number of benzene rings is 6. The molecular formula is C48H40N10O9. The van der Waals surface area contributed by atoms with Gasteiger partial charge in [-0.25, -0.2) is 10.9 Å². The first-order valence-corrected chi connectivity index (χ1v) is 19.7. The highest BCUT2D eigenvalue weighted by Crippen LogP contribution is 2.44. The number of hydrogen-bond acceptors (Lipinski definition) is 13. The summed E-state index contributed by atoms with van der Waals surface area (Å²) in [5.41, 5.74) is 1.21. The van der Waals surface area contributed by atoms with Crippen molar-refractivity contribution in [2.45, 2.75) is 0 Å². The number of nitrogens with two attached hydrogens (primary N) is 1. The molecule has 0 aliphatic carbocycles. The number of methoxy groups -OCH3 is 2. The summed E-state index contributed by atoms with van der Waals surface area (Å²) in [6.45, 7) is 10.3. The van der Waals surface area contributed by atoms with Crippen LogP contribution in [-0.2, 0) is 14.4 Å². The summed E-state index contributed by atoms with van der Waals surface area (Å²) in [5, 5.41) is 26.9. The van der Waals surface area contributed by atoms with Crippen molar-refractivity contribution in [3.8, 4) is 11.5 Å². The zero-order valence-corrected chi connectivity index (χ0v) is 35.8. The van der Waals surface area contributed by atoms with Gasteiger partial charge in [-0.15, -0.1) is 15.1 Å². The minimum absolute atomic E-state index is 0.0529. The van der Waals surface area contributed by atoms with Crippen LogP contribution < -0.4 is 46.9 Å². The second kappa shape index (κ2) is 21.2. The van der Waals surface area contributed by atoms with Gasteiger partial charge < -0.3 is 36.1 Å². The maximum absolute atomic E-state index is 14.0. The summed E-state index contributed by atoms with van der Waals surface area (Å²) < 4.78 is 11.2. The molecule has 6 amide bonds. The van der Waals surface area contributed by atoms with Gasteiger partial charge in [0.15, 0.2) is 0 Å². The molecule has 336 valence electrons. The Balaban J connectivity index is 1.27. The number of nitrogens with zero attached hydrogens (tertiary/aromatic N) is 4. The number of anilines is 6. The summed E-state index contributed by atoms with van der Waals surface area (Å²) in [5.74, 6) is 2.99. The van der Waals surface area contributed by atoms with E-state index in [4.69, 9.17) is 15.3 Å². The van der Waals surface area contributed by atoms with Crippen molar-refractivity contribution >= 4 is 97.4 Å². The molecule has 0 atom stereocenters. The summed E-state index contributed by atoms with van der Waals surface area (Å²) in [7, 11) is 2.71. The third kappa shape index (κ3) is 11.1. The predicted molar refractivity (Wildman–Crippen MR) is 256 cm³/mol. The molecule has 0 aromatic heterocycles. The Morgan fingerprint density at radius 3 is 1.72 bits per heavy atom. The predicted octanol–water partition coefficient (Wildman–Crippen LogP) is 9.07. The second-order valence-electron chi connectivity index (χ2n) is 14.0. The van der Waals surface area contributed by atoms with Gasteiger partial charge in [0.1, 0.15) is 34.2 Å². The Labute approximate surface area is 382 Å². The Morgan fingerprint density at radius 2 is 1.13 bits per heavy atom. The van der Waals surface area contributed by atoms with Crippen molar-refractivity contribution in [2.24, 2.45) is 21.2 Å². The number of ether oxygens (including phenoxy) is 2. The number of nitroso groups, excluding NO2 is 1. The number of carbonyl (C=O) groups is 6. The monoisotopic (exact) mass is 900 g/mol. The lowest BCUT2D eigenvalue weighted by molar-refractivity contribution is -0.112. The van der Waals surface area contributed by atoms with Crippen LogP contribution in [0.2, 0.25) is 0 Å². The minimum Gasteiger partial charge on any atom is -0.494 e. The second-order valence-corrected chi connectivity index (χ2v) is 14.0. The fourth-order valence-electron chi connectivity index (χ4n) is 6.42. The molecule has 7 N–H and O–H groups in total. The van der Waals surface area contributed by atoms with Gasteiger partial charge in [-0.05, 0) is 95.5 Å². The molecule has 0 bridgehead atoms. The first kappa shape index (κ1) is 46.9. The molecule has 6 aromatic carbocycles. The van der Waals surface area contributed by atoms with Gasteiger partial charge in [-0.3, -0.25) is 28.8 Å². The van der Waals surface area contributed by atoms with E-state index in [2.05, 4.69) is 61.7 Å². The number of hydrazine groups is 1. The van der Waals surface area contributed by atoms with Crippen molar-refractivity contribution in [1.82, 2.24) is 0 Å². The summed E-state index contributed by atoms with van der Waals surface area (Å²) >= 11 is 0. The number of hydrogen-bond donors (Lipinski definition) is 6. The zero-order valence-electron chi connectivity index (χ0n) is 35.8. The molecule has 19 nitrogen and oxygen atoms in total. The Kier molecular flexibility index (Phi) is 14.8. The molecule has 0 fully saturated rings. The summed E-state index contributed by atoms with van der Waals surface area (Å²) in [4.78, 5) is 89.2. The zero-order chi connectivity index (χ0) is 48.2. The molecule has 0 spiro atoms. The number of rotatable bonds is 17. The largest absolute Gasteiger partial charge is 0.494 e. The lowest BCUT2D eigenvalue weighted by atomic mass is 10.0. The quantitative estimate of drug-likeness (QED) is 0.0126. The van der Waals surface area contributed by atoms with Crippen molar-refractivity contribution in [3.05, 3.63) is 169 Å². The van der Waals surface area contributed by atoms with E-state index in [9.17, 15) is 33.7 Å². The average molecular weight is 901 g/mol. The molecular weight excluding hydrogens is 861 g/mol. The standard InChI is InChI=1S/C48H40N10O9/c1-6-41(59)50-30-18-16-27(17-19-30)48(64)58(49)38-26-39(66-4)37(25-40(38)67-5)55-56-44-35-15-10-9-12-28(35)22-36(45(44)57-65)47(63)54-32-14-11-13-31(23-32)53-46(62)29-20-33(51-42(60)7-2)24-34(21-29)52-43(61)8-3/h6-26H,1-3,49H2,4-5H3,(H,50,59)(H,51,60)(H,52,61)(H,53,62)(H,54,63). The van der Waals surface area contributed by atoms with Crippen molar-refractivity contribution < 1.29 is 38.2 Å². The van der Waals surface area contributed by atoms with Gasteiger partial charge in [0, 0.05) is 57.1 Å². The summed E-state index contributed by atoms with van der Waals surface area (Å²) in [6.07, 6.45) is 3.20. The third-order valence-corrected chi connectivity index (χ3v) is 9.61. The fourth-order valence-corrected chi connectivity index (χ4v) is 6.42. The Bertz CT molecular complexity index is 3000. The van der Waals surface area contributed by atoms with Crippen LogP contribution >= 0.6 is 0 Å². The topological polar surface area (TPSA) is 264 Å². The van der Waals surface area contributed by atoms with Crippen LogP contribution in [0.4, 0.5) is 51.2 Å². The number of carbonyl (C=O) groups excluding carboxylic acids is 6. The van der Waals surface area contributed by atoms with E-state index in [1.165, 1.54) is 80.9 Å². The van der Waals surface area contributed by atoms with E-state index in [0.717, 1.165) is 23.2 Å². The van der Waals surface area contributed by atoms with Crippen LogP contribution in [0.15, 0.2) is 163 Å². The summed E-state index contributed by atoms with van der Waals surface area (Å²) in [6, 6.07) is 27.5. The van der Waals surface area contributed by atoms with E-state index < -0.39 is 35.4 Å². The van der Waals surface area contributed by atoms with Crippen LogP contribution in [-0.4, -0.2) is 49.7 Å². The molecule has 67 heavy (non-hydrogen) atoms. The maximum Gasteiger partial charge on any atom is 0.272 e. The van der Waals surface area contributed by atoms with Crippen LogP contribution in [0.1, 0.15) is 31.1 Å². The third-order valence-electron chi connectivity index (χ3n) is 9.61. The van der Waals surface area contributed by atoms with Crippen molar-refractivity contribution in [3.63, 3.8) is 0 Å². The molecule has 0 saturated carbocycles. The number of azo groups is 1. The SMILES string of the molecule is C=CC(=O)Nc1ccc(C(=O)N(N)c2cc(OC)c(N=Nc3c(N=O)c(C(=O)Nc4cccc(NC(=O)c5cc(NC(=O)C=C)cc(NC(=O)C=C)c5)c4)cc4ccccc34)cc2OC)cc1. The first-order chi connectivity index (χ1) is 32.3. The van der Waals surface area contributed by atoms with Crippen LogP contribution in [0.5, 0.6) is 11.5 Å². The number of fused-ring (bicyclic) bond motifs is 1. The van der Waals surface area contributed by atoms with Crippen molar-refractivity contribution in [1.29, 1.82) is 0 Å². The lowest BCUT2D eigenvalue weighted by Crippen LogP contribution is -2.37. The van der Waals surface area contributed by atoms with Crippen LogP contribution in [0, 0.1) is 4.91 Å².